The van der Waals surface area contributed by atoms with E-state index in [2.05, 4.69) is 15.1 Å². The molecule has 0 amide bonds. The number of carboxylic acid groups (broad SMARTS) is 1. The molecular formula is C10H9N5O4. The molecular weight excluding hydrogens is 254 g/mol. The zero-order valence-corrected chi connectivity index (χ0v) is 10.1. The molecule has 19 heavy (non-hydrogen) atoms. The molecule has 2 heterocycles. The first kappa shape index (κ1) is 12.6. The summed E-state index contributed by atoms with van der Waals surface area (Å²) in [6.07, 6.45) is 1.26. The molecule has 0 unspecified atom stereocenters. The van der Waals surface area contributed by atoms with E-state index in [0.29, 0.717) is 0 Å². The Morgan fingerprint density at radius 2 is 2.16 bits per heavy atom. The van der Waals surface area contributed by atoms with Crippen LogP contribution in [0.25, 0.3) is 5.95 Å². The predicted molar refractivity (Wildman–Crippen MR) is 62.2 cm³/mol. The average Bonchev–Trinajstić information content (AvgIpc) is 2.65. The molecule has 0 spiro atoms. The smallest absolute Gasteiger partial charge is 0.354 e. The molecule has 0 saturated heterocycles. The Hall–Kier alpha value is -2.84. The van der Waals surface area contributed by atoms with Gasteiger partial charge in [-0.3, -0.25) is 10.1 Å². The van der Waals surface area contributed by atoms with Crippen LogP contribution < -0.4 is 0 Å². The molecule has 0 saturated carbocycles. The van der Waals surface area contributed by atoms with Crippen LogP contribution in [0.1, 0.15) is 21.9 Å². The Labute approximate surface area is 106 Å². The number of hydrogen-bond acceptors (Lipinski definition) is 6. The van der Waals surface area contributed by atoms with E-state index in [1.807, 2.05) is 0 Å². The number of rotatable bonds is 3. The average molecular weight is 263 g/mol. The van der Waals surface area contributed by atoms with E-state index >= 15 is 0 Å². The minimum Gasteiger partial charge on any atom is -0.477 e. The molecule has 0 aliphatic rings. The van der Waals surface area contributed by atoms with Crippen molar-refractivity contribution < 1.29 is 14.8 Å². The molecule has 0 aromatic carbocycles. The van der Waals surface area contributed by atoms with Crippen LogP contribution in [0.3, 0.4) is 0 Å². The van der Waals surface area contributed by atoms with Crippen LogP contribution >= 0.6 is 0 Å². The van der Waals surface area contributed by atoms with Crippen molar-refractivity contribution in [3.63, 3.8) is 0 Å². The Morgan fingerprint density at radius 1 is 1.47 bits per heavy atom. The first-order valence-electron chi connectivity index (χ1n) is 5.19. The van der Waals surface area contributed by atoms with Gasteiger partial charge >= 0.3 is 11.7 Å². The third kappa shape index (κ3) is 2.12. The molecule has 9 heteroatoms. The minimum atomic E-state index is -1.21. The molecule has 2 rings (SSSR count). The van der Waals surface area contributed by atoms with Crippen molar-refractivity contribution in [2.45, 2.75) is 13.8 Å². The maximum atomic E-state index is 10.9. The number of nitrogens with zero attached hydrogens (tertiary/aromatic N) is 5. The maximum Gasteiger partial charge on any atom is 0.354 e. The predicted octanol–water partition coefficient (Wildman–Crippen LogP) is 0.886. The van der Waals surface area contributed by atoms with Gasteiger partial charge in [-0.15, -0.1) is 0 Å². The highest BCUT2D eigenvalue weighted by Gasteiger charge is 2.23. The summed E-state index contributed by atoms with van der Waals surface area (Å²) in [5.74, 6) is -1.23. The highest BCUT2D eigenvalue weighted by molar-refractivity contribution is 5.85. The Balaban J connectivity index is 2.60. The fourth-order valence-electron chi connectivity index (χ4n) is 1.66. The summed E-state index contributed by atoms with van der Waals surface area (Å²) in [6, 6.07) is 1.23. The van der Waals surface area contributed by atoms with E-state index in [1.165, 1.54) is 26.1 Å². The lowest BCUT2D eigenvalue weighted by Crippen LogP contribution is -2.09. The van der Waals surface area contributed by atoms with Crippen LogP contribution in [-0.2, 0) is 0 Å². The SMILES string of the molecule is Cc1nn(-c2nccc(C(=O)O)n2)c(C)c1[N+](=O)[O-]. The fourth-order valence-corrected chi connectivity index (χ4v) is 1.66. The van der Waals surface area contributed by atoms with Gasteiger partial charge in [0.15, 0.2) is 5.69 Å². The largest absolute Gasteiger partial charge is 0.477 e. The monoisotopic (exact) mass is 263 g/mol. The van der Waals surface area contributed by atoms with Gasteiger partial charge in [-0.2, -0.15) is 9.78 Å². The second kappa shape index (κ2) is 4.44. The van der Waals surface area contributed by atoms with E-state index in [9.17, 15) is 14.9 Å². The van der Waals surface area contributed by atoms with Gasteiger partial charge < -0.3 is 5.11 Å². The number of aromatic nitrogens is 4. The van der Waals surface area contributed by atoms with Crippen LogP contribution in [0.5, 0.6) is 0 Å². The van der Waals surface area contributed by atoms with E-state index in [-0.39, 0.29) is 28.7 Å². The quantitative estimate of drug-likeness (QED) is 0.643. The molecule has 9 nitrogen and oxygen atoms in total. The summed E-state index contributed by atoms with van der Waals surface area (Å²) in [5.41, 5.74) is 0.112. The van der Waals surface area contributed by atoms with Crippen molar-refractivity contribution >= 4 is 11.7 Å². The first-order valence-corrected chi connectivity index (χ1v) is 5.19. The lowest BCUT2D eigenvalue weighted by Gasteiger charge is -2.01. The van der Waals surface area contributed by atoms with Crippen molar-refractivity contribution in [1.82, 2.24) is 19.7 Å². The van der Waals surface area contributed by atoms with Gasteiger partial charge in [-0.05, 0) is 19.9 Å². The third-order valence-electron chi connectivity index (χ3n) is 2.49. The van der Waals surface area contributed by atoms with Gasteiger partial charge in [-0.1, -0.05) is 0 Å². The van der Waals surface area contributed by atoms with Crippen LogP contribution in [-0.4, -0.2) is 35.7 Å². The Bertz CT molecular complexity index is 679. The van der Waals surface area contributed by atoms with E-state index in [4.69, 9.17) is 5.11 Å². The third-order valence-corrected chi connectivity index (χ3v) is 2.49. The summed E-state index contributed by atoms with van der Waals surface area (Å²) in [6.45, 7) is 2.98. The number of aromatic carboxylic acids is 1. The molecule has 0 radical (unpaired) electrons. The summed E-state index contributed by atoms with van der Waals surface area (Å²) in [5, 5.41) is 23.7. The molecule has 2 aromatic rings. The van der Waals surface area contributed by atoms with E-state index < -0.39 is 10.9 Å². The highest BCUT2D eigenvalue weighted by Crippen LogP contribution is 2.23. The van der Waals surface area contributed by atoms with Gasteiger partial charge in [0.05, 0.1) is 4.92 Å². The fraction of sp³-hybridized carbons (Fsp3) is 0.200. The number of aryl methyl sites for hydroxylation is 1. The standard InChI is InChI=1S/C10H9N5O4/c1-5-8(15(18)19)6(2)14(13-5)10-11-4-3-7(12-10)9(16)17/h3-4H,1-2H3,(H,16,17). The summed E-state index contributed by atoms with van der Waals surface area (Å²) in [7, 11) is 0. The lowest BCUT2D eigenvalue weighted by molar-refractivity contribution is -0.386. The Kier molecular flexibility index (Phi) is 2.95. The van der Waals surface area contributed by atoms with Crippen LogP contribution in [0.2, 0.25) is 0 Å². The zero-order chi connectivity index (χ0) is 14.2. The summed E-state index contributed by atoms with van der Waals surface area (Å²) < 4.78 is 1.15. The molecule has 0 aliphatic heterocycles. The molecule has 98 valence electrons. The molecule has 0 fully saturated rings. The van der Waals surface area contributed by atoms with Gasteiger partial charge in [0.2, 0.25) is 0 Å². The van der Waals surface area contributed by atoms with Crippen LogP contribution in [0.4, 0.5) is 5.69 Å². The normalized spacial score (nSPS) is 10.4. The second-order valence-corrected chi connectivity index (χ2v) is 3.74. The van der Waals surface area contributed by atoms with Crippen LogP contribution in [0, 0.1) is 24.0 Å². The van der Waals surface area contributed by atoms with Crippen molar-refractivity contribution in [3.05, 3.63) is 39.5 Å². The molecule has 1 N–H and O–H groups in total. The van der Waals surface area contributed by atoms with Gasteiger partial charge in [0.1, 0.15) is 11.4 Å². The van der Waals surface area contributed by atoms with Crippen molar-refractivity contribution in [1.29, 1.82) is 0 Å². The van der Waals surface area contributed by atoms with E-state index in [1.54, 1.807) is 0 Å². The van der Waals surface area contributed by atoms with E-state index in [0.717, 1.165) is 4.68 Å². The number of nitro groups is 1. The van der Waals surface area contributed by atoms with Crippen molar-refractivity contribution in [2.24, 2.45) is 0 Å². The topological polar surface area (TPSA) is 124 Å². The molecule has 2 aromatic heterocycles. The van der Waals surface area contributed by atoms with Gasteiger partial charge in [0, 0.05) is 6.20 Å². The Morgan fingerprint density at radius 3 is 2.68 bits per heavy atom. The number of carboxylic acids is 1. The molecule has 0 bridgehead atoms. The summed E-state index contributed by atoms with van der Waals surface area (Å²) >= 11 is 0. The van der Waals surface area contributed by atoms with Crippen molar-refractivity contribution in [2.75, 3.05) is 0 Å². The second-order valence-electron chi connectivity index (χ2n) is 3.74. The molecule has 0 aliphatic carbocycles. The zero-order valence-electron chi connectivity index (χ0n) is 10.1. The van der Waals surface area contributed by atoms with Gasteiger partial charge in [-0.25, -0.2) is 14.8 Å². The van der Waals surface area contributed by atoms with Crippen molar-refractivity contribution in [3.8, 4) is 5.95 Å². The maximum absolute atomic E-state index is 10.9. The number of carbonyl (C=O) groups is 1. The van der Waals surface area contributed by atoms with Gasteiger partial charge in [0.25, 0.3) is 5.95 Å². The molecule has 0 atom stereocenters. The summed E-state index contributed by atoms with van der Waals surface area (Å²) in [4.78, 5) is 28.8. The first-order chi connectivity index (χ1) is 8.91. The minimum absolute atomic E-state index is 0.0198. The van der Waals surface area contributed by atoms with Crippen LogP contribution in [0.15, 0.2) is 12.3 Å². The highest BCUT2D eigenvalue weighted by atomic mass is 16.6. The number of hydrogen-bond donors (Lipinski definition) is 1. The lowest BCUT2D eigenvalue weighted by atomic mass is 10.3.